The van der Waals surface area contributed by atoms with E-state index in [1.165, 1.54) is 12.1 Å². The maximum atomic E-state index is 12.7. The predicted molar refractivity (Wildman–Crippen MR) is 61.0 cm³/mol. The molecule has 1 aliphatic heterocycles. The highest BCUT2D eigenvalue weighted by Crippen LogP contribution is 2.31. The Balaban J connectivity index is 2.12. The molecule has 1 atom stereocenters. The summed E-state index contributed by atoms with van der Waals surface area (Å²) in [5, 5.41) is 10.1. The van der Waals surface area contributed by atoms with Gasteiger partial charge >= 0.3 is 0 Å². The van der Waals surface area contributed by atoms with E-state index in [2.05, 4.69) is 19.9 Å². The molecule has 3 heteroatoms. The molecule has 0 amide bonds. The zero-order valence-corrected chi connectivity index (χ0v) is 9.52. The summed E-state index contributed by atoms with van der Waals surface area (Å²) >= 11 is 0. The first-order valence-corrected chi connectivity index (χ1v) is 5.37. The molecule has 1 unspecified atom stereocenters. The van der Waals surface area contributed by atoms with Crippen molar-refractivity contribution in [2.24, 2.45) is 5.41 Å². The van der Waals surface area contributed by atoms with Crippen molar-refractivity contribution < 1.29 is 9.50 Å². The summed E-state index contributed by atoms with van der Waals surface area (Å²) in [5.74, 6) is -0.284. The third-order valence-corrected chi connectivity index (χ3v) is 2.79. The van der Waals surface area contributed by atoms with Crippen molar-refractivity contribution >= 4 is 0 Å². The van der Waals surface area contributed by atoms with E-state index in [9.17, 15) is 9.50 Å². The molecule has 0 spiro atoms. The van der Waals surface area contributed by atoms with Crippen LogP contribution in [0.1, 0.15) is 25.6 Å². The normalized spacial score (nSPS) is 20.1. The van der Waals surface area contributed by atoms with Gasteiger partial charge in [0.05, 0.1) is 0 Å². The molecule has 1 aliphatic rings. The smallest absolute Gasteiger partial charge is 0.152 e. The van der Waals surface area contributed by atoms with Crippen LogP contribution in [0.2, 0.25) is 0 Å². The Kier molecular flexibility index (Phi) is 2.72. The fourth-order valence-electron chi connectivity index (χ4n) is 1.87. The van der Waals surface area contributed by atoms with Crippen LogP contribution in [0.25, 0.3) is 0 Å². The minimum atomic E-state index is -0.696. The zero-order valence-electron chi connectivity index (χ0n) is 9.52. The van der Waals surface area contributed by atoms with Gasteiger partial charge in [0.2, 0.25) is 0 Å². The van der Waals surface area contributed by atoms with Crippen molar-refractivity contribution in [3.8, 4) is 0 Å². The van der Waals surface area contributed by atoms with E-state index in [1.54, 1.807) is 12.1 Å². The van der Waals surface area contributed by atoms with E-state index < -0.39 is 6.23 Å². The average molecular weight is 221 g/mol. The fraction of sp³-hybridized carbons (Fsp3) is 0.385. The van der Waals surface area contributed by atoms with Crippen LogP contribution < -0.4 is 0 Å². The number of halogens is 1. The molecule has 1 N–H and O–H groups in total. The SMILES string of the molecule is CC1(C)C=CN(C(O)c2ccc(F)cc2)C1. The van der Waals surface area contributed by atoms with Gasteiger partial charge in [-0.3, -0.25) is 0 Å². The molecule has 0 bridgehead atoms. The van der Waals surface area contributed by atoms with Crippen LogP contribution in [0.15, 0.2) is 36.5 Å². The lowest BCUT2D eigenvalue weighted by Gasteiger charge is -2.27. The fourth-order valence-corrected chi connectivity index (χ4v) is 1.87. The van der Waals surface area contributed by atoms with E-state index in [1.807, 2.05) is 11.1 Å². The molecular formula is C13H16FNO. The lowest BCUT2D eigenvalue weighted by atomic mass is 9.96. The van der Waals surface area contributed by atoms with Crippen molar-refractivity contribution in [1.29, 1.82) is 0 Å². The van der Waals surface area contributed by atoms with E-state index >= 15 is 0 Å². The zero-order chi connectivity index (χ0) is 11.8. The highest BCUT2D eigenvalue weighted by molar-refractivity contribution is 5.20. The van der Waals surface area contributed by atoms with E-state index in [0.717, 1.165) is 6.54 Å². The van der Waals surface area contributed by atoms with Crippen molar-refractivity contribution in [2.75, 3.05) is 6.54 Å². The first-order chi connectivity index (χ1) is 7.48. The first-order valence-electron chi connectivity index (χ1n) is 5.37. The summed E-state index contributed by atoms with van der Waals surface area (Å²) in [4.78, 5) is 1.85. The highest BCUT2D eigenvalue weighted by atomic mass is 19.1. The Bertz CT molecular complexity index is 397. The van der Waals surface area contributed by atoms with Gasteiger partial charge < -0.3 is 10.0 Å². The van der Waals surface area contributed by atoms with E-state index in [-0.39, 0.29) is 11.2 Å². The number of hydrogen-bond donors (Lipinski definition) is 1. The number of hydrogen-bond acceptors (Lipinski definition) is 2. The highest BCUT2D eigenvalue weighted by Gasteiger charge is 2.27. The maximum Gasteiger partial charge on any atom is 0.152 e. The molecule has 2 rings (SSSR count). The molecule has 0 radical (unpaired) electrons. The van der Waals surface area contributed by atoms with Gasteiger partial charge in [-0.25, -0.2) is 4.39 Å². The Hall–Kier alpha value is -1.35. The van der Waals surface area contributed by atoms with Gasteiger partial charge in [0.15, 0.2) is 6.23 Å². The first kappa shape index (κ1) is 11.1. The molecule has 86 valence electrons. The quantitative estimate of drug-likeness (QED) is 0.830. The summed E-state index contributed by atoms with van der Waals surface area (Å²) in [6.45, 7) is 4.99. The van der Waals surface area contributed by atoms with Crippen molar-refractivity contribution in [2.45, 2.75) is 20.1 Å². The van der Waals surface area contributed by atoms with E-state index in [4.69, 9.17) is 0 Å². The number of aliphatic hydroxyl groups excluding tert-OH is 1. The number of nitrogens with zero attached hydrogens (tertiary/aromatic N) is 1. The Morgan fingerprint density at radius 2 is 1.94 bits per heavy atom. The largest absolute Gasteiger partial charge is 0.369 e. The van der Waals surface area contributed by atoms with Gasteiger partial charge in [0.25, 0.3) is 0 Å². The molecule has 1 heterocycles. The third-order valence-electron chi connectivity index (χ3n) is 2.79. The number of benzene rings is 1. The maximum absolute atomic E-state index is 12.7. The van der Waals surface area contributed by atoms with Crippen molar-refractivity contribution in [3.05, 3.63) is 47.9 Å². The van der Waals surface area contributed by atoms with Crippen molar-refractivity contribution in [3.63, 3.8) is 0 Å². The molecule has 1 aromatic rings. The molecule has 16 heavy (non-hydrogen) atoms. The summed E-state index contributed by atoms with van der Waals surface area (Å²) in [6.07, 6.45) is 3.27. The second-order valence-electron chi connectivity index (χ2n) is 4.90. The van der Waals surface area contributed by atoms with Crippen LogP contribution >= 0.6 is 0 Å². The Labute approximate surface area is 95.0 Å². The van der Waals surface area contributed by atoms with Crippen LogP contribution in [0, 0.1) is 11.2 Å². The summed E-state index contributed by atoms with van der Waals surface area (Å²) in [5.41, 5.74) is 0.796. The molecule has 2 nitrogen and oxygen atoms in total. The van der Waals surface area contributed by atoms with Crippen LogP contribution in [0.3, 0.4) is 0 Å². The summed E-state index contributed by atoms with van der Waals surface area (Å²) < 4.78 is 12.7. The summed E-state index contributed by atoms with van der Waals surface area (Å²) in [6, 6.07) is 5.95. The molecule has 0 saturated carbocycles. The lowest BCUT2D eigenvalue weighted by molar-refractivity contribution is 0.0317. The topological polar surface area (TPSA) is 23.5 Å². The molecule has 1 aromatic carbocycles. The van der Waals surface area contributed by atoms with E-state index in [0.29, 0.717) is 5.56 Å². The molecule has 0 fully saturated rings. The van der Waals surface area contributed by atoms with Crippen molar-refractivity contribution in [1.82, 2.24) is 4.90 Å². The van der Waals surface area contributed by atoms with Crippen LogP contribution in [-0.2, 0) is 0 Å². The molecular weight excluding hydrogens is 205 g/mol. The average Bonchev–Trinajstić information content (AvgIpc) is 2.59. The lowest BCUT2D eigenvalue weighted by Crippen LogP contribution is -2.27. The third kappa shape index (κ3) is 2.25. The van der Waals surface area contributed by atoms with Gasteiger partial charge in [-0.15, -0.1) is 0 Å². The minimum absolute atomic E-state index is 0.0843. The van der Waals surface area contributed by atoms with Gasteiger partial charge in [-0.2, -0.15) is 0 Å². The van der Waals surface area contributed by atoms with Gasteiger partial charge in [-0.1, -0.05) is 32.1 Å². The van der Waals surface area contributed by atoms with Gasteiger partial charge in [0.1, 0.15) is 5.82 Å². The second kappa shape index (κ2) is 3.91. The molecule has 0 aromatic heterocycles. The Morgan fingerprint density at radius 1 is 1.31 bits per heavy atom. The molecule has 0 aliphatic carbocycles. The monoisotopic (exact) mass is 221 g/mol. The second-order valence-corrected chi connectivity index (χ2v) is 4.90. The van der Waals surface area contributed by atoms with Gasteiger partial charge in [0, 0.05) is 17.5 Å². The number of aliphatic hydroxyl groups is 1. The number of rotatable bonds is 2. The van der Waals surface area contributed by atoms with Crippen LogP contribution in [-0.4, -0.2) is 16.6 Å². The van der Waals surface area contributed by atoms with Crippen LogP contribution in [0.4, 0.5) is 4.39 Å². The van der Waals surface area contributed by atoms with Crippen LogP contribution in [0.5, 0.6) is 0 Å². The molecule has 0 saturated heterocycles. The predicted octanol–water partition coefficient (Wildman–Crippen LogP) is 2.67. The Morgan fingerprint density at radius 3 is 2.44 bits per heavy atom. The standard InChI is InChI=1S/C13H16FNO/c1-13(2)7-8-15(9-13)12(16)10-3-5-11(14)6-4-10/h3-8,12,16H,9H2,1-2H3. The minimum Gasteiger partial charge on any atom is -0.369 e. The summed E-state index contributed by atoms with van der Waals surface area (Å²) in [7, 11) is 0. The van der Waals surface area contributed by atoms with Gasteiger partial charge in [-0.05, 0) is 18.3 Å².